The van der Waals surface area contributed by atoms with Gasteiger partial charge < -0.3 is 9.30 Å². The first-order valence-corrected chi connectivity index (χ1v) is 7.88. The summed E-state index contributed by atoms with van der Waals surface area (Å²) in [6, 6.07) is 5.86. The van der Waals surface area contributed by atoms with Gasteiger partial charge in [-0.15, -0.1) is 11.6 Å². The molecule has 5 heteroatoms. The first-order valence-electron chi connectivity index (χ1n) is 7.07. The van der Waals surface area contributed by atoms with Crippen LogP contribution < -0.4 is 0 Å². The Balaban J connectivity index is 2.02. The molecular weight excluding hydrogens is 295 g/mol. The summed E-state index contributed by atoms with van der Waals surface area (Å²) in [5.41, 5.74) is 1.86. The van der Waals surface area contributed by atoms with E-state index >= 15 is 0 Å². The van der Waals surface area contributed by atoms with Gasteiger partial charge in [0.15, 0.2) is 0 Å². The number of fused-ring (bicyclic) bond motifs is 1. The van der Waals surface area contributed by atoms with Crippen LogP contribution in [0.3, 0.4) is 0 Å². The van der Waals surface area contributed by atoms with Crippen molar-refractivity contribution in [3.8, 4) is 0 Å². The Morgan fingerprint density at radius 1 is 1.45 bits per heavy atom. The van der Waals surface area contributed by atoms with E-state index in [0.717, 1.165) is 42.9 Å². The molecule has 0 bridgehead atoms. The maximum absolute atomic E-state index is 6.28. The molecule has 2 unspecified atom stereocenters. The smallest absolute Gasteiger partial charge is 0.127 e. The van der Waals surface area contributed by atoms with Crippen LogP contribution in [-0.2, 0) is 11.3 Å². The van der Waals surface area contributed by atoms with Crippen LogP contribution in [0.25, 0.3) is 11.0 Å². The fourth-order valence-corrected chi connectivity index (χ4v) is 3.16. The van der Waals surface area contributed by atoms with Gasteiger partial charge in [-0.05, 0) is 38.3 Å². The maximum atomic E-state index is 6.28. The zero-order valence-electron chi connectivity index (χ0n) is 11.5. The molecule has 0 radical (unpaired) electrons. The average Bonchev–Trinajstić information content (AvgIpc) is 2.81. The lowest BCUT2D eigenvalue weighted by atomic mass is 10.1. The molecule has 3 nitrogen and oxygen atoms in total. The highest BCUT2D eigenvalue weighted by atomic mass is 35.5. The summed E-state index contributed by atoms with van der Waals surface area (Å²) in [5.74, 6) is 0.865. The van der Waals surface area contributed by atoms with E-state index in [1.807, 2.05) is 25.1 Å². The summed E-state index contributed by atoms with van der Waals surface area (Å²) in [7, 11) is 0. The van der Waals surface area contributed by atoms with Crippen LogP contribution in [0.1, 0.15) is 37.4 Å². The van der Waals surface area contributed by atoms with Gasteiger partial charge in [0.25, 0.3) is 0 Å². The number of para-hydroxylation sites is 1. The van der Waals surface area contributed by atoms with Crippen molar-refractivity contribution in [2.24, 2.45) is 0 Å². The van der Waals surface area contributed by atoms with Gasteiger partial charge >= 0.3 is 0 Å². The van der Waals surface area contributed by atoms with Crippen LogP contribution in [0.4, 0.5) is 0 Å². The van der Waals surface area contributed by atoms with Crippen molar-refractivity contribution < 1.29 is 4.74 Å². The van der Waals surface area contributed by atoms with Gasteiger partial charge in [-0.2, -0.15) is 0 Å². The minimum Gasteiger partial charge on any atom is -0.376 e. The number of hydrogen-bond donors (Lipinski definition) is 0. The minimum absolute atomic E-state index is 0.151. The van der Waals surface area contributed by atoms with Gasteiger partial charge in [-0.3, -0.25) is 0 Å². The van der Waals surface area contributed by atoms with E-state index in [1.165, 1.54) is 6.42 Å². The zero-order chi connectivity index (χ0) is 14.1. The molecule has 0 saturated carbocycles. The third-order valence-electron chi connectivity index (χ3n) is 3.78. The summed E-state index contributed by atoms with van der Waals surface area (Å²) in [6.07, 6.45) is 3.72. The maximum Gasteiger partial charge on any atom is 0.127 e. The van der Waals surface area contributed by atoms with Crippen LogP contribution in [0.2, 0.25) is 5.02 Å². The molecule has 2 heterocycles. The number of ether oxygens (including phenoxy) is 1. The molecule has 20 heavy (non-hydrogen) atoms. The molecule has 1 aliphatic heterocycles. The monoisotopic (exact) mass is 312 g/mol. The molecule has 2 aromatic rings. The first kappa shape index (κ1) is 14.2. The van der Waals surface area contributed by atoms with E-state index in [1.54, 1.807) is 0 Å². The molecule has 108 valence electrons. The second kappa shape index (κ2) is 5.92. The Morgan fingerprint density at radius 2 is 2.30 bits per heavy atom. The van der Waals surface area contributed by atoms with Gasteiger partial charge in [0.05, 0.1) is 28.6 Å². The summed E-state index contributed by atoms with van der Waals surface area (Å²) < 4.78 is 8.00. The summed E-state index contributed by atoms with van der Waals surface area (Å²) >= 11 is 12.5. The van der Waals surface area contributed by atoms with E-state index in [-0.39, 0.29) is 11.5 Å². The Labute approximate surface area is 128 Å². The number of rotatable bonds is 3. The standard InChI is InChI=1S/C15H18Cl2N2O/c1-10(16)15-18-14-12(17)6-4-7-13(14)19(15)9-11-5-2-3-8-20-11/h4,6-7,10-11H,2-3,5,8-9H2,1H3. The highest BCUT2D eigenvalue weighted by molar-refractivity contribution is 6.35. The van der Waals surface area contributed by atoms with Crippen LogP contribution in [0.15, 0.2) is 18.2 Å². The topological polar surface area (TPSA) is 27.1 Å². The molecule has 0 amide bonds. The zero-order valence-corrected chi connectivity index (χ0v) is 13.0. The molecule has 1 aromatic heterocycles. The Bertz CT molecular complexity index is 603. The molecule has 1 aromatic carbocycles. The SMILES string of the molecule is CC(Cl)c1nc2c(Cl)cccc2n1CC1CCCCO1. The molecule has 1 saturated heterocycles. The number of benzene rings is 1. The normalized spacial score (nSPS) is 21.2. The van der Waals surface area contributed by atoms with Crippen molar-refractivity contribution in [3.05, 3.63) is 29.0 Å². The Hall–Kier alpha value is -0.770. The molecule has 0 N–H and O–H groups in total. The van der Waals surface area contributed by atoms with E-state index in [0.29, 0.717) is 5.02 Å². The number of halogens is 2. The lowest BCUT2D eigenvalue weighted by molar-refractivity contribution is 0.00619. The van der Waals surface area contributed by atoms with Crippen molar-refractivity contribution in [2.45, 2.75) is 44.2 Å². The third-order valence-corrected chi connectivity index (χ3v) is 4.28. The lowest BCUT2D eigenvalue weighted by Gasteiger charge is -2.24. The first-order chi connectivity index (χ1) is 9.66. The number of imidazole rings is 1. The summed E-state index contributed by atoms with van der Waals surface area (Å²) in [6.45, 7) is 3.59. The number of alkyl halides is 1. The predicted octanol–water partition coefficient (Wildman–Crippen LogP) is 4.56. The molecule has 1 fully saturated rings. The fraction of sp³-hybridized carbons (Fsp3) is 0.533. The van der Waals surface area contributed by atoms with Gasteiger partial charge in [0.1, 0.15) is 11.3 Å². The molecule has 2 atom stereocenters. The second-order valence-electron chi connectivity index (χ2n) is 5.29. The van der Waals surface area contributed by atoms with Gasteiger partial charge in [-0.1, -0.05) is 17.7 Å². The molecule has 0 spiro atoms. The molecule has 0 aliphatic carbocycles. The van der Waals surface area contributed by atoms with Crippen molar-refractivity contribution in [2.75, 3.05) is 6.61 Å². The van der Waals surface area contributed by atoms with Crippen molar-refractivity contribution in [1.82, 2.24) is 9.55 Å². The van der Waals surface area contributed by atoms with E-state index in [9.17, 15) is 0 Å². The van der Waals surface area contributed by atoms with E-state index in [2.05, 4.69) is 9.55 Å². The highest BCUT2D eigenvalue weighted by Crippen LogP contribution is 2.30. The summed E-state index contributed by atoms with van der Waals surface area (Å²) in [5, 5.41) is 0.520. The largest absolute Gasteiger partial charge is 0.376 e. The highest BCUT2D eigenvalue weighted by Gasteiger charge is 2.21. The third kappa shape index (κ3) is 2.67. The number of aromatic nitrogens is 2. The number of hydrogen-bond acceptors (Lipinski definition) is 2. The van der Waals surface area contributed by atoms with Crippen molar-refractivity contribution in [3.63, 3.8) is 0 Å². The van der Waals surface area contributed by atoms with Crippen molar-refractivity contribution in [1.29, 1.82) is 0 Å². The molecule has 1 aliphatic rings. The van der Waals surface area contributed by atoms with E-state index in [4.69, 9.17) is 27.9 Å². The van der Waals surface area contributed by atoms with Crippen LogP contribution in [-0.4, -0.2) is 22.3 Å². The minimum atomic E-state index is -0.151. The van der Waals surface area contributed by atoms with E-state index < -0.39 is 0 Å². The lowest BCUT2D eigenvalue weighted by Crippen LogP contribution is -2.25. The average molecular weight is 313 g/mol. The van der Waals surface area contributed by atoms with Gasteiger partial charge in [-0.25, -0.2) is 4.98 Å². The predicted molar refractivity (Wildman–Crippen MR) is 82.6 cm³/mol. The van der Waals surface area contributed by atoms with Crippen LogP contribution in [0, 0.1) is 0 Å². The van der Waals surface area contributed by atoms with Crippen LogP contribution >= 0.6 is 23.2 Å². The van der Waals surface area contributed by atoms with Gasteiger partial charge in [0, 0.05) is 6.61 Å². The quantitative estimate of drug-likeness (QED) is 0.777. The Kier molecular flexibility index (Phi) is 4.20. The van der Waals surface area contributed by atoms with Crippen molar-refractivity contribution >= 4 is 34.2 Å². The Morgan fingerprint density at radius 3 is 3.00 bits per heavy atom. The summed E-state index contributed by atoms with van der Waals surface area (Å²) in [4.78, 5) is 4.62. The number of nitrogens with zero attached hydrogens (tertiary/aromatic N) is 2. The molecular formula is C15H18Cl2N2O. The molecule has 3 rings (SSSR count). The second-order valence-corrected chi connectivity index (χ2v) is 6.35. The van der Waals surface area contributed by atoms with Crippen LogP contribution in [0.5, 0.6) is 0 Å². The fourth-order valence-electron chi connectivity index (χ4n) is 2.78. The van der Waals surface area contributed by atoms with Gasteiger partial charge in [0.2, 0.25) is 0 Å².